The lowest BCUT2D eigenvalue weighted by molar-refractivity contribution is -0.385. The molecule has 1 saturated heterocycles. The molecule has 3 heterocycles. The molecule has 1 unspecified atom stereocenters. The lowest BCUT2D eigenvalue weighted by atomic mass is 10.2. The van der Waals surface area contributed by atoms with Gasteiger partial charge in [0.2, 0.25) is 0 Å². The number of nitrogens with zero attached hydrogens (tertiary/aromatic N) is 5. The molecule has 3 aromatic rings. The van der Waals surface area contributed by atoms with E-state index in [1.165, 1.54) is 12.4 Å². The second kappa shape index (κ2) is 7.23. The highest BCUT2D eigenvalue weighted by Gasteiger charge is 2.20. The van der Waals surface area contributed by atoms with Crippen LogP contribution in [0.2, 0.25) is 0 Å². The number of fused-ring (bicyclic) bond motifs is 1. The Kier molecular flexibility index (Phi) is 4.63. The van der Waals surface area contributed by atoms with Crippen molar-refractivity contribution in [2.75, 3.05) is 11.9 Å². The van der Waals surface area contributed by atoms with Gasteiger partial charge in [0.25, 0.3) is 5.69 Å². The van der Waals surface area contributed by atoms with Crippen molar-refractivity contribution in [1.29, 1.82) is 0 Å². The van der Waals surface area contributed by atoms with Gasteiger partial charge in [-0.3, -0.25) is 14.7 Å². The Hall–Kier alpha value is -3.14. The van der Waals surface area contributed by atoms with Crippen LogP contribution < -0.4 is 5.32 Å². The van der Waals surface area contributed by atoms with Crippen LogP contribution in [0.4, 0.5) is 15.9 Å². The molecular formula is C17H17FN6O3. The number of rotatable bonds is 5. The molecule has 0 radical (unpaired) electrons. The molecule has 1 atom stereocenters. The Balaban J connectivity index is 1.59. The maximum absolute atomic E-state index is 14.0. The van der Waals surface area contributed by atoms with Crippen LogP contribution >= 0.6 is 0 Å². The molecule has 9 nitrogen and oxygen atoms in total. The number of imidazole rings is 1. The number of aromatic nitrogens is 4. The highest BCUT2D eigenvalue weighted by molar-refractivity contribution is 5.82. The molecule has 140 valence electrons. The number of hydrogen-bond acceptors (Lipinski definition) is 7. The van der Waals surface area contributed by atoms with Crippen molar-refractivity contribution in [3.8, 4) is 0 Å². The molecular weight excluding hydrogens is 355 g/mol. The molecule has 1 aromatic carbocycles. The lowest BCUT2D eigenvalue weighted by Crippen LogP contribution is -2.17. The summed E-state index contributed by atoms with van der Waals surface area (Å²) in [6.07, 6.45) is 5.95. The number of nitro groups is 1. The zero-order valence-corrected chi connectivity index (χ0v) is 14.3. The summed E-state index contributed by atoms with van der Waals surface area (Å²) in [5, 5.41) is 13.9. The zero-order chi connectivity index (χ0) is 18.8. The van der Waals surface area contributed by atoms with Gasteiger partial charge in [0.05, 0.1) is 11.3 Å². The topological polar surface area (TPSA) is 108 Å². The molecule has 1 aliphatic heterocycles. The number of hydrogen-bond donors (Lipinski definition) is 1. The van der Waals surface area contributed by atoms with Crippen molar-refractivity contribution in [2.24, 2.45) is 0 Å². The van der Waals surface area contributed by atoms with E-state index >= 15 is 0 Å². The molecule has 2 aromatic heterocycles. The number of anilines is 1. The normalized spacial score (nSPS) is 17.1. The second-order valence-electron chi connectivity index (χ2n) is 6.25. The van der Waals surface area contributed by atoms with E-state index in [-0.39, 0.29) is 24.0 Å². The fourth-order valence-electron chi connectivity index (χ4n) is 3.12. The molecule has 0 aliphatic carbocycles. The largest absolute Gasteiger partial charge is 0.364 e. The molecule has 1 aliphatic rings. The monoisotopic (exact) mass is 372 g/mol. The van der Waals surface area contributed by atoms with Crippen molar-refractivity contribution >= 4 is 22.7 Å². The van der Waals surface area contributed by atoms with Crippen LogP contribution in [0, 0.1) is 15.9 Å². The number of halogens is 1. The molecule has 10 heteroatoms. The van der Waals surface area contributed by atoms with E-state index < -0.39 is 10.7 Å². The van der Waals surface area contributed by atoms with Gasteiger partial charge in [0, 0.05) is 30.8 Å². The molecule has 27 heavy (non-hydrogen) atoms. The highest BCUT2D eigenvalue weighted by atomic mass is 19.1. The van der Waals surface area contributed by atoms with Gasteiger partial charge < -0.3 is 10.1 Å². The lowest BCUT2D eigenvalue weighted by Gasteiger charge is -2.23. The molecule has 1 fully saturated rings. The van der Waals surface area contributed by atoms with Crippen molar-refractivity contribution < 1.29 is 14.1 Å². The summed E-state index contributed by atoms with van der Waals surface area (Å²) in [5.74, 6) is -0.0972. The van der Waals surface area contributed by atoms with Crippen molar-refractivity contribution in [3.63, 3.8) is 0 Å². The van der Waals surface area contributed by atoms with Crippen molar-refractivity contribution in [1.82, 2.24) is 19.5 Å². The quantitative estimate of drug-likeness (QED) is 0.541. The van der Waals surface area contributed by atoms with Crippen LogP contribution in [-0.4, -0.2) is 31.0 Å². The van der Waals surface area contributed by atoms with Crippen LogP contribution in [-0.2, 0) is 11.3 Å². The van der Waals surface area contributed by atoms with Gasteiger partial charge in [-0.25, -0.2) is 19.3 Å². The summed E-state index contributed by atoms with van der Waals surface area (Å²) < 4.78 is 21.6. The Bertz CT molecular complexity index is 986. The third-order valence-corrected chi connectivity index (χ3v) is 4.51. The van der Waals surface area contributed by atoms with Crippen LogP contribution in [0.1, 0.15) is 31.1 Å². The predicted octanol–water partition coefficient (Wildman–Crippen LogP) is 3.18. The summed E-state index contributed by atoms with van der Waals surface area (Å²) in [6, 6.07) is 3.42. The Labute approximate surface area is 153 Å². The summed E-state index contributed by atoms with van der Waals surface area (Å²) >= 11 is 0. The summed E-state index contributed by atoms with van der Waals surface area (Å²) in [4.78, 5) is 23.2. The van der Waals surface area contributed by atoms with Gasteiger partial charge in [0.1, 0.15) is 18.4 Å². The Morgan fingerprint density at radius 2 is 2.22 bits per heavy atom. The van der Waals surface area contributed by atoms with E-state index in [1.807, 2.05) is 4.57 Å². The fourth-order valence-corrected chi connectivity index (χ4v) is 3.12. The summed E-state index contributed by atoms with van der Waals surface area (Å²) in [7, 11) is 0. The minimum absolute atomic E-state index is 0.0341. The van der Waals surface area contributed by atoms with Gasteiger partial charge >= 0.3 is 0 Å². The molecule has 0 bridgehead atoms. The highest BCUT2D eigenvalue weighted by Crippen LogP contribution is 2.27. The van der Waals surface area contributed by atoms with E-state index in [9.17, 15) is 14.5 Å². The Morgan fingerprint density at radius 1 is 1.33 bits per heavy atom. The first-order chi connectivity index (χ1) is 13.1. The Morgan fingerprint density at radius 3 is 3.00 bits per heavy atom. The zero-order valence-electron chi connectivity index (χ0n) is 14.3. The molecule has 4 rings (SSSR count). The number of nitro benzene ring substituents is 1. The van der Waals surface area contributed by atoms with Crippen LogP contribution in [0.25, 0.3) is 11.2 Å². The smallest absolute Gasteiger partial charge is 0.269 e. The summed E-state index contributed by atoms with van der Waals surface area (Å²) in [5.41, 5.74) is 1.17. The van der Waals surface area contributed by atoms with E-state index in [2.05, 4.69) is 20.3 Å². The van der Waals surface area contributed by atoms with Crippen molar-refractivity contribution in [2.45, 2.75) is 32.0 Å². The first-order valence-corrected chi connectivity index (χ1v) is 8.59. The van der Waals surface area contributed by atoms with Crippen LogP contribution in [0.15, 0.2) is 30.9 Å². The standard InChI is InChI=1S/C17H17FN6O3/c18-13-5-4-12(24(25)26)7-11(13)8-19-16-15-17(21-9-20-16)23(10-22-15)14-3-1-2-6-27-14/h4-5,7,9-10,14H,1-3,6,8H2,(H,19,20,21). The van der Waals surface area contributed by atoms with E-state index in [0.29, 0.717) is 23.6 Å². The number of ether oxygens (including phenoxy) is 1. The van der Waals surface area contributed by atoms with Gasteiger partial charge in [0.15, 0.2) is 17.0 Å². The minimum Gasteiger partial charge on any atom is -0.364 e. The van der Waals surface area contributed by atoms with E-state index in [4.69, 9.17) is 4.74 Å². The number of benzene rings is 1. The average Bonchev–Trinajstić information content (AvgIpc) is 3.12. The van der Waals surface area contributed by atoms with Gasteiger partial charge in [-0.05, 0) is 25.3 Å². The predicted molar refractivity (Wildman–Crippen MR) is 94.5 cm³/mol. The van der Waals surface area contributed by atoms with E-state index in [0.717, 1.165) is 31.4 Å². The van der Waals surface area contributed by atoms with Gasteiger partial charge in [-0.15, -0.1) is 0 Å². The molecule has 0 amide bonds. The number of nitrogens with one attached hydrogen (secondary N) is 1. The summed E-state index contributed by atoms with van der Waals surface area (Å²) in [6.45, 7) is 0.735. The SMILES string of the molecule is O=[N+]([O-])c1ccc(F)c(CNc2ncnc3c2ncn3C2CCCCO2)c1. The van der Waals surface area contributed by atoms with Gasteiger partial charge in [-0.2, -0.15) is 0 Å². The molecule has 0 saturated carbocycles. The third-order valence-electron chi connectivity index (χ3n) is 4.51. The first-order valence-electron chi connectivity index (χ1n) is 8.59. The second-order valence-corrected chi connectivity index (χ2v) is 6.25. The van der Waals surface area contributed by atoms with Gasteiger partial charge in [-0.1, -0.05) is 0 Å². The molecule has 1 N–H and O–H groups in total. The first kappa shape index (κ1) is 17.3. The minimum atomic E-state index is -0.558. The van der Waals surface area contributed by atoms with Crippen molar-refractivity contribution in [3.05, 3.63) is 52.3 Å². The average molecular weight is 372 g/mol. The number of non-ortho nitro benzene ring substituents is 1. The van der Waals surface area contributed by atoms with Crippen LogP contribution in [0.3, 0.4) is 0 Å². The maximum atomic E-state index is 14.0. The third kappa shape index (κ3) is 3.43. The molecule has 0 spiro atoms. The van der Waals surface area contributed by atoms with Crippen LogP contribution in [0.5, 0.6) is 0 Å². The fraction of sp³-hybridized carbons (Fsp3) is 0.353. The maximum Gasteiger partial charge on any atom is 0.269 e. The van der Waals surface area contributed by atoms with E-state index in [1.54, 1.807) is 6.33 Å².